The van der Waals surface area contributed by atoms with Gasteiger partial charge in [0.2, 0.25) is 0 Å². The molecule has 0 spiro atoms. The van der Waals surface area contributed by atoms with Crippen LogP contribution in [0.5, 0.6) is 5.75 Å². The first-order valence-corrected chi connectivity index (χ1v) is 6.52. The van der Waals surface area contributed by atoms with Crippen molar-refractivity contribution in [2.75, 3.05) is 6.61 Å². The predicted octanol–water partition coefficient (Wildman–Crippen LogP) is 3.38. The molecule has 0 heterocycles. The van der Waals surface area contributed by atoms with Crippen molar-refractivity contribution in [3.8, 4) is 5.75 Å². The lowest BCUT2D eigenvalue weighted by Crippen LogP contribution is -2.42. The van der Waals surface area contributed by atoms with E-state index in [-0.39, 0.29) is 12.2 Å². The molecule has 0 amide bonds. The van der Waals surface area contributed by atoms with Crippen molar-refractivity contribution in [3.05, 3.63) is 29.3 Å². The van der Waals surface area contributed by atoms with Crippen LogP contribution >= 0.6 is 0 Å². The van der Waals surface area contributed by atoms with Gasteiger partial charge in [0.05, 0.1) is 6.61 Å². The van der Waals surface area contributed by atoms with Gasteiger partial charge in [0, 0.05) is 0 Å². The molecular weight excluding hydrogens is 212 g/mol. The van der Waals surface area contributed by atoms with Crippen LogP contribution in [-0.4, -0.2) is 17.3 Å². The van der Waals surface area contributed by atoms with Crippen LogP contribution in [0.4, 0.5) is 0 Å². The van der Waals surface area contributed by atoms with E-state index in [1.54, 1.807) is 0 Å². The first kappa shape index (κ1) is 12.4. The molecule has 1 aromatic rings. The van der Waals surface area contributed by atoms with Crippen molar-refractivity contribution >= 4 is 0 Å². The Balaban J connectivity index is 2.20. The third-order valence-corrected chi connectivity index (χ3v) is 3.72. The van der Waals surface area contributed by atoms with Crippen LogP contribution in [0.3, 0.4) is 0 Å². The van der Waals surface area contributed by atoms with Crippen LogP contribution in [0.25, 0.3) is 0 Å². The molecule has 94 valence electrons. The third-order valence-electron chi connectivity index (χ3n) is 3.72. The summed E-state index contributed by atoms with van der Waals surface area (Å²) in [6.07, 6.45) is 5.52. The van der Waals surface area contributed by atoms with E-state index in [1.165, 1.54) is 12.0 Å². The van der Waals surface area contributed by atoms with Crippen molar-refractivity contribution < 1.29 is 9.84 Å². The predicted molar refractivity (Wildman–Crippen MR) is 69.4 cm³/mol. The normalized spacial score (nSPS) is 19.0. The number of benzene rings is 1. The van der Waals surface area contributed by atoms with Gasteiger partial charge in [-0.1, -0.05) is 18.6 Å². The van der Waals surface area contributed by atoms with E-state index in [2.05, 4.69) is 32.0 Å². The highest BCUT2D eigenvalue weighted by Crippen LogP contribution is 2.34. The van der Waals surface area contributed by atoms with E-state index < -0.39 is 0 Å². The molecule has 1 aromatic carbocycles. The number of rotatable bonds is 3. The molecule has 0 atom stereocenters. The van der Waals surface area contributed by atoms with E-state index in [4.69, 9.17) is 4.74 Å². The van der Waals surface area contributed by atoms with E-state index in [0.717, 1.165) is 37.0 Å². The van der Waals surface area contributed by atoms with Crippen molar-refractivity contribution in [1.29, 1.82) is 0 Å². The number of ether oxygens (including phenoxy) is 1. The zero-order valence-electron chi connectivity index (χ0n) is 10.8. The highest BCUT2D eigenvalue weighted by molar-refractivity contribution is 5.36. The monoisotopic (exact) mass is 234 g/mol. The molecule has 1 aliphatic rings. The summed E-state index contributed by atoms with van der Waals surface area (Å²) in [7, 11) is 0. The molecule has 2 nitrogen and oxygen atoms in total. The van der Waals surface area contributed by atoms with Crippen LogP contribution in [0.1, 0.15) is 43.2 Å². The van der Waals surface area contributed by atoms with E-state index >= 15 is 0 Å². The summed E-state index contributed by atoms with van der Waals surface area (Å²) in [5.74, 6) is 0.931. The van der Waals surface area contributed by atoms with Crippen molar-refractivity contribution in [2.24, 2.45) is 0 Å². The number of aryl methyl sites for hydroxylation is 2. The van der Waals surface area contributed by atoms with Gasteiger partial charge in [0.1, 0.15) is 11.4 Å². The van der Waals surface area contributed by atoms with Crippen LogP contribution in [0.15, 0.2) is 18.2 Å². The zero-order chi connectivity index (χ0) is 12.3. The van der Waals surface area contributed by atoms with Gasteiger partial charge >= 0.3 is 0 Å². The van der Waals surface area contributed by atoms with E-state index in [1.807, 2.05) is 0 Å². The Bertz CT molecular complexity index is 379. The summed E-state index contributed by atoms with van der Waals surface area (Å²) < 4.78 is 6.15. The number of hydrogen-bond acceptors (Lipinski definition) is 2. The molecule has 0 aliphatic heterocycles. The van der Waals surface area contributed by atoms with Crippen molar-refractivity contribution in [1.82, 2.24) is 0 Å². The molecule has 0 bridgehead atoms. The highest BCUT2D eigenvalue weighted by atomic mass is 16.5. The Hall–Kier alpha value is -1.02. The number of hydrogen-bond donors (Lipinski definition) is 1. The largest absolute Gasteiger partial charge is 0.485 e. The van der Waals surface area contributed by atoms with Gasteiger partial charge in [-0.15, -0.1) is 0 Å². The lowest BCUT2D eigenvalue weighted by atomic mass is 9.85. The molecular formula is C15H22O2. The minimum absolute atomic E-state index is 0.125. The number of aliphatic hydroxyl groups excluding tert-OH is 1. The van der Waals surface area contributed by atoms with Crippen LogP contribution < -0.4 is 4.74 Å². The van der Waals surface area contributed by atoms with Gasteiger partial charge in [-0.3, -0.25) is 0 Å². The SMILES string of the molecule is Cc1ccc(C)c(OC2(CO)CCCCC2)c1. The van der Waals surface area contributed by atoms with Crippen molar-refractivity contribution in [2.45, 2.75) is 51.6 Å². The highest BCUT2D eigenvalue weighted by Gasteiger charge is 2.33. The molecule has 1 fully saturated rings. The Morgan fingerprint density at radius 2 is 1.88 bits per heavy atom. The smallest absolute Gasteiger partial charge is 0.132 e. The fraction of sp³-hybridized carbons (Fsp3) is 0.600. The van der Waals surface area contributed by atoms with Gasteiger partial charge in [0.25, 0.3) is 0 Å². The fourth-order valence-electron chi connectivity index (χ4n) is 2.54. The number of aliphatic hydroxyl groups is 1. The lowest BCUT2D eigenvalue weighted by Gasteiger charge is -2.36. The summed E-state index contributed by atoms with van der Waals surface area (Å²) in [4.78, 5) is 0. The van der Waals surface area contributed by atoms with Gasteiger partial charge < -0.3 is 9.84 Å². The van der Waals surface area contributed by atoms with E-state index in [0.29, 0.717) is 0 Å². The molecule has 1 saturated carbocycles. The fourth-order valence-corrected chi connectivity index (χ4v) is 2.54. The second-order valence-corrected chi connectivity index (χ2v) is 5.27. The van der Waals surface area contributed by atoms with Crippen LogP contribution in [-0.2, 0) is 0 Å². The maximum Gasteiger partial charge on any atom is 0.132 e. The molecule has 17 heavy (non-hydrogen) atoms. The van der Waals surface area contributed by atoms with Crippen molar-refractivity contribution in [3.63, 3.8) is 0 Å². The minimum atomic E-state index is -0.337. The van der Waals surface area contributed by atoms with E-state index in [9.17, 15) is 5.11 Å². The quantitative estimate of drug-likeness (QED) is 0.868. The Kier molecular flexibility index (Phi) is 3.72. The summed E-state index contributed by atoms with van der Waals surface area (Å²) in [5, 5.41) is 9.64. The first-order chi connectivity index (χ1) is 8.15. The second-order valence-electron chi connectivity index (χ2n) is 5.27. The minimum Gasteiger partial charge on any atom is -0.485 e. The molecule has 0 unspecified atom stereocenters. The zero-order valence-corrected chi connectivity index (χ0v) is 10.8. The third kappa shape index (κ3) is 2.81. The van der Waals surface area contributed by atoms with Gasteiger partial charge in [-0.05, 0) is 56.7 Å². The average molecular weight is 234 g/mol. The lowest BCUT2D eigenvalue weighted by molar-refractivity contribution is -0.0203. The molecule has 0 radical (unpaired) electrons. The van der Waals surface area contributed by atoms with Gasteiger partial charge in [0.15, 0.2) is 0 Å². The first-order valence-electron chi connectivity index (χ1n) is 6.52. The van der Waals surface area contributed by atoms with Crippen LogP contribution in [0, 0.1) is 13.8 Å². The molecule has 0 saturated heterocycles. The summed E-state index contributed by atoms with van der Waals surface area (Å²) in [6, 6.07) is 6.24. The van der Waals surface area contributed by atoms with Crippen LogP contribution in [0.2, 0.25) is 0 Å². The molecule has 2 heteroatoms. The summed E-state index contributed by atoms with van der Waals surface area (Å²) in [5.41, 5.74) is 2.01. The average Bonchev–Trinajstić information content (AvgIpc) is 2.35. The topological polar surface area (TPSA) is 29.5 Å². The standard InChI is InChI=1S/C15H22O2/c1-12-6-7-13(2)14(10-12)17-15(11-16)8-4-3-5-9-15/h6-7,10,16H,3-5,8-9,11H2,1-2H3. The Labute approximate surface area is 104 Å². The van der Waals surface area contributed by atoms with Gasteiger partial charge in [-0.25, -0.2) is 0 Å². The molecule has 1 aliphatic carbocycles. The summed E-state index contributed by atoms with van der Waals surface area (Å²) >= 11 is 0. The maximum atomic E-state index is 9.64. The molecule has 1 N–H and O–H groups in total. The Morgan fingerprint density at radius 1 is 1.18 bits per heavy atom. The second kappa shape index (κ2) is 5.09. The van der Waals surface area contributed by atoms with Gasteiger partial charge in [-0.2, -0.15) is 0 Å². The molecule has 0 aromatic heterocycles. The Morgan fingerprint density at radius 3 is 2.53 bits per heavy atom. The molecule has 2 rings (SSSR count). The maximum absolute atomic E-state index is 9.64. The summed E-state index contributed by atoms with van der Waals surface area (Å²) in [6.45, 7) is 4.25.